The highest BCUT2D eigenvalue weighted by Crippen LogP contribution is 2.17. The summed E-state index contributed by atoms with van der Waals surface area (Å²) in [4.78, 5) is 0. The molecule has 0 aliphatic rings. The minimum atomic E-state index is 0.0810. The lowest BCUT2D eigenvalue weighted by molar-refractivity contribution is 0.241. The summed E-state index contributed by atoms with van der Waals surface area (Å²) in [5, 5.41) is 12.9. The summed E-state index contributed by atoms with van der Waals surface area (Å²) in [7, 11) is 0. The standard InChI is InChI=1S/C17H20BrNO/c1-13-7-8-15(10-17(13)18)11-19-16(12-20)9-14-5-3-2-4-6-14/h2-8,10,16,19-20H,9,11-12H2,1H3/t16-/m1/s1. The third kappa shape index (κ3) is 4.44. The van der Waals surface area contributed by atoms with E-state index in [9.17, 15) is 5.11 Å². The van der Waals surface area contributed by atoms with Gasteiger partial charge in [-0.1, -0.05) is 58.4 Å². The molecular formula is C17H20BrNO. The molecule has 106 valence electrons. The van der Waals surface area contributed by atoms with Crippen molar-refractivity contribution in [2.45, 2.75) is 25.9 Å². The van der Waals surface area contributed by atoms with E-state index in [1.54, 1.807) is 0 Å². The summed E-state index contributed by atoms with van der Waals surface area (Å²) in [6.07, 6.45) is 0.838. The maximum absolute atomic E-state index is 9.49. The molecule has 0 aromatic heterocycles. The second-order valence-electron chi connectivity index (χ2n) is 5.03. The van der Waals surface area contributed by atoms with E-state index in [1.165, 1.54) is 16.7 Å². The summed E-state index contributed by atoms with van der Waals surface area (Å²) in [6, 6.07) is 16.7. The lowest BCUT2D eigenvalue weighted by Gasteiger charge is -2.16. The van der Waals surface area contributed by atoms with Gasteiger partial charge >= 0.3 is 0 Å². The second-order valence-corrected chi connectivity index (χ2v) is 5.89. The van der Waals surface area contributed by atoms with Gasteiger partial charge in [-0.2, -0.15) is 0 Å². The monoisotopic (exact) mass is 333 g/mol. The lowest BCUT2D eigenvalue weighted by Crippen LogP contribution is -2.34. The molecule has 0 aliphatic heterocycles. The SMILES string of the molecule is Cc1ccc(CN[C@@H](CO)Cc2ccccc2)cc1Br. The smallest absolute Gasteiger partial charge is 0.0587 e. The van der Waals surface area contributed by atoms with Crippen LogP contribution in [0.3, 0.4) is 0 Å². The molecule has 0 amide bonds. The number of aliphatic hydroxyl groups is 1. The molecule has 2 aromatic carbocycles. The van der Waals surface area contributed by atoms with Gasteiger partial charge in [0, 0.05) is 17.1 Å². The largest absolute Gasteiger partial charge is 0.395 e. The Labute approximate surface area is 129 Å². The van der Waals surface area contributed by atoms with Crippen molar-refractivity contribution in [2.24, 2.45) is 0 Å². The molecule has 20 heavy (non-hydrogen) atoms. The molecule has 0 spiro atoms. The molecule has 3 heteroatoms. The van der Waals surface area contributed by atoms with Gasteiger partial charge < -0.3 is 10.4 Å². The van der Waals surface area contributed by atoms with Crippen LogP contribution in [-0.2, 0) is 13.0 Å². The minimum absolute atomic E-state index is 0.0810. The highest BCUT2D eigenvalue weighted by Gasteiger charge is 2.08. The van der Waals surface area contributed by atoms with Gasteiger partial charge in [-0.15, -0.1) is 0 Å². The zero-order valence-corrected chi connectivity index (χ0v) is 13.2. The van der Waals surface area contributed by atoms with Crippen LogP contribution in [0.25, 0.3) is 0 Å². The summed E-state index contributed by atoms with van der Waals surface area (Å²) < 4.78 is 1.13. The van der Waals surface area contributed by atoms with Crippen LogP contribution in [0.15, 0.2) is 53.0 Å². The van der Waals surface area contributed by atoms with Crippen LogP contribution >= 0.6 is 15.9 Å². The molecule has 0 radical (unpaired) electrons. The highest BCUT2D eigenvalue weighted by atomic mass is 79.9. The zero-order chi connectivity index (χ0) is 14.4. The van der Waals surface area contributed by atoms with Crippen molar-refractivity contribution >= 4 is 15.9 Å². The van der Waals surface area contributed by atoms with Crippen molar-refractivity contribution in [2.75, 3.05) is 6.61 Å². The highest BCUT2D eigenvalue weighted by molar-refractivity contribution is 9.10. The normalized spacial score (nSPS) is 12.3. The third-order valence-corrected chi connectivity index (χ3v) is 4.23. The summed E-state index contributed by atoms with van der Waals surface area (Å²) in [5.41, 5.74) is 3.69. The van der Waals surface area contributed by atoms with Gasteiger partial charge in [0.2, 0.25) is 0 Å². The average Bonchev–Trinajstić information content (AvgIpc) is 2.48. The third-order valence-electron chi connectivity index (χ3n) is 3.38. The first-order valence-corrected chi connectivity index (χ1v) is 7.61. The molecule has 0 heterocycles. The van der Waals surface area contributed by atoms with Crippen molar-refractivity contribution in [1.82, 2.24) is 5.32 Å². The molecule has 0 saturated heterocycles. The molecule has 0 fully saturated rings. The Bertz CT molecular complexity index is 542. The fourth-order valence-corrected chi connectivity index (χ4v) is 2.53. The van der Waals surface area contributed by atoms with E-state index in [2.05, 4.69) is 58.5 Å². The van der Waals surface area contributed by atoms with E-state index in [0.29, 0.717) is 0 Å². The van der Waals surface area contributed by atoms with Crippen LogP contribution < -0.4 is 5.32 Å². The number of halogens is 1. The molecule has 0 saturated carbocycles. The van der Waals surface area contributed by atoms with E-state index in [-0.39, 0.29) is 12.6 Å². The van der Waals surface area contributed by atoms with Crippen LogP contribution in [0.4, 0.5) is 0 Å². The Balaban J connectivity index is 1.92. The predicted octanol–water partition coefficient (Wildman–Crippen LogP) is 3.45. The van der Waals surface area contributed by atoms with Crippen molar-refractivity contribution in [3.63, 3.8) is 0 Å². The summed E-state index contributed by atoms with van der Waals surface area (Å²) >= 11 is 3.55. The number of benzene rings is 2. The van der Waals surface area contributed by atoms with E-state index in [0.717, 1.165) is 17.4 Å². The Morgan fingerprint density at radius 3 is 2.50 bits per heavy atom. The van der Waals surface area contributed by atoms with Gasteiger partial charge in [-0.05, 0) is 36.1 Å². The Kier molecular flexibility index (Phi) is 5.77. The van der Waals surface area contributed by atoms with Crippen LogP contribution in [0.5, 0.6) is 0 Å². The summed E-state index contributed by atoms with van der Waals surface area (Å²) in [6.45, 7) is 2.98. The molecule has 0 unspecified atom stereocenters. The Morgan fingerprint density at radius 1 is 1.10 bits per heavy atom. The fraction of sp³-hybridized carbons (Fsp3) is 0.294. The van der Waals surface area contributed by atoms with Crippen LogP contribution in [-0.4, -0.2) is 17.8 Å². The Morgan fingerprint density at radius 2 is 1.85 bits per heavy atom. The van der Waals surface area contributed by atoms with Crippen molar-refractivity contribution in [3.8, 4) is 0 Å². The molecule has 2 nitrogen and oxygen atoms in total. The Hall–Kier alpha value is -1.16. The van der Waals surface area contributed by atoms with Crippen molar-refractivity contribution in [3.05, 3.63) is 69.7 Å². The fourth-order valence-electron chi connectivity index (χ4n) is 2.11. The second kappa shape index (κ2) is 7.58. The minimum Gasteiger partial charge on any atom is -0.395 e. The maximum Gasteiger partial charge on any atom is 0.0587 e. The quantitative estimate of drug-likeness (QED) is 0.848. The van der Waals surface area contributed by atoms with Gasteiger partial charge in [0.15, 0.2) is 0 Å². The predicted molar refractivity (Wildman–Crippen MR) is 86.7 cm³/mol. The molecule has 2 N–H and O–H groups in total. The molecule has 1 atom stereocenters. The number of nitrogens with one attached hydrogen (secondary N) is 1. The van der Waals surface area contributed by atoms with Crippen molar-refractivity contribution < 1.29 is 5.11 Å². The van der Waals surface area contributed by atoms with Crippen LogP contribution in [0, 0.1) is 6.92 Å². The molecular weight excluding hydrogens is 314 g/mol. The van der Waals surface area contributed by atoms with E-state index in [4.69, 9.17) is 0 Å². The number of aryl methyl sites for hydroxylation is 1. The molecule has 2 rings (SSSR count). The number of hydrogen-bond donors (Lipinski definition) is 2. The molecule has 2 aromatic rings. The average molecular weight is 334 g/mol. The molecule has 0 aliphatic carbocycles. The van der Waals surface area contributed by atoms with Crippen LogP contribution in [0.1, 0.15) is 16.7 Å². The summed E-state index contributed by atoms with van der Waals surface area (Å²) in [5.74, 6) is 0. The first kappa shape index (κ1) is 15.2. The van der Waals surface area contributed by atoms with E-state index in [1.807, 2.05) is 18.2 Å². The van der Waals surface area contributed by atoms with Gasteiger partial charge in [0.25, 0.3) is 0 Å². The van der Waals surface area contributed by atoms with Gasteiger partial charge in [-0.25, -0.2) is 0 Å². The zero-order valence-electron chi connectivity index (χ0n) is 11.6. The van der Waals surface area contributed by atoms with Crippen molar-refractivity contribution in [1.29, 1.82) is 0 Å². The van der Waals surface area contributed by atoms with E-state index < -0.39 is 0 Å². The number of aliphatic hydroxyl groups excluding tert-OH is 1. The topological polar surface area (TPSA) is 32.3 Å². The van der Waals surface area contributed by atoms with E-state index >= 15 is 0 Å². The maximum atomic E-state index is 9.49. The number of rotatable bonds is 6. The first-order valence-electron chi connectivity index (χ1n) is 6.82. The van der Waals surface area contributed by atoms with Gasteiger partial charge in [-0.3, -0.25) is 0 Å². The van der Waals surface area contributed by atoms with Gasteiger partial charge in [0.1, 0.15) is 0 Å². The van der Waals surface area contributed by atoms with Gasteiger partial charge in [0.05, 0.1) is 6.61 Å². The number of hydrogen-bond acceptors (Lipinski definition) is 2. The first-order chi connectivity index (χ1) is 9.69. The molecule has 0 bridgehead atoms. The lowest BCUT2D eigenvalue weighted by atomic mass is 10.1. The van der Waals surface area contributed by atoms with Crippen LogP contribution in [0.2, 0.25) is 0 Å².